The van der Waals surface area contributed by atoms with Gasteiger partial charge in [-0.3, -0.25) is 0 Å². The van der Waals surface area contributed by atoms with E-state index in [-0.39, 0.29) is 0 Å². The zero-order chi connectivity index (χ0) is 8.77. The van der Waals surface area contributed by atoms with E-state index in [0.29, 0.717) is 18.1 Å². The molecule has 1 aliphatic heterocycles. The van der Waals surface area contributed by atoms with Gasteiger partial charge in [0.2, 0.25) is 5.12 Å². The van der Waals surface area contributed by atoms with E-state index in [1.54, 1.807) is 0 Å². The Labute approximate surface area is 79.0 Å². The van der Waals surface area contributed by atoms with Crippen LogP contribution in [-0.4, -0.2) is 17.3 Å². The Bertz CT molecular complexity index is 169. The highest BCUT2D eigenvalue weighted by atomic mass is 32.1. The lowest BCUT2D eigenvalue weighted by atomic mass is 10.2. The van der Waals surface area contributed by atoms with Crippen molar-refractivity contribution in [3.8, 4) is 0 Å². The Morgan fingerprint density at radius 2 is 1.75 bits per heavy atom. The van der Waals surface area contributed by atoms with E-state index < -0.39 is 5.12 Å². The van der Waals surface area contributed by atoms with Crippen molar-refractivity contribution in [2.75, 3.05) is 0 Å². The predicted octanol–water partition coefficient (Wildman–Crippen LogP) is 2.19. The van der Waals surface area contributed by atoms with Crippen LogP contribution in [0.3, 0.4) is 0 Å². The van der Waals surface area contributed by atoms with E-state index in [2.05, 4.69) is 26.5 Å². The second-order valence-electron chi connectivity index (χ2n) is 4.03. The molecule has 0 aromatic rings. The van der Waals surface area contributed by atoms with E-state index in [0.717, 1.165) is 12.8 Å². The third kappa shape index (κ3) is 1.28. The summed E-state index contributed by atoms with van der Waals surface area (Å²) in [5.74, 6) is 0.312. The molecule has 70 valence electrons. The lowest BCUT2D eigenvalue weighted by Gasteiger charge is -2.26. The average molecular weight is 188 g/mol. The van der Waals surface area contributed by atoms with Crippen molar-refractivity contribution in [1.82, 2.24) is 0 Å². The molecule has 0 radical (unpaired) electrons. The third-order valence-corrected chi connectivity index (χ3v) is 3.49. The number of rotatable bonds is 1. The summed E-state index contributed by atoms with van der Waals surface area (Å²) >= 11 is 4.44. The fourth-order valence-electron chi connectivity index (χ4n) is 1.90. The lowest BCUT2D eigenvalue weighted by Crippen LogP contribution is -2.30. The molecule has 2 fully saturated rings. The minimum absolute atomic E-state index is 0.310. The molecule has 3 heteroatoms. The second kappa shape index (κ2) is 2.89. The molecule has 0 bridgehead atoms. The Balaban J connectivity index is 2.06. The molecule has 2 aliphatic rings. The molecule has 1 unspecified atom stereocenters. The van der Waals surface area contributed by atoms with E-state index in [4.69, 9.17) is 9.47 Å². The van der Waals surface area contributed by atoms with Gasteiger partial charge in [0.05, 0.1) is 12.2 Å². The molecule has 2 nitrogen and oxygen atoms in total. The van der Waals surface area contributed by atoms with Gasteiger partial charge < -0.3 is 9.47 Å². The Morgan fingerprint density at radius 1 is 1.25 bits per heavy atom. The summed E-state index contributed by atoms with van der Waals surface area (Å²) in [5.41, 5.74) is 0. The standard InChI is InChI=1S/C9H16O2S/c1-6(2)9(12)10-7-4-3-5-8(7)11-9/h6-8,12H,3-5H2,1-2H3/t7-,8+,9?. The number of ether oxygens (including phenoxy) is 2. The lowest BCUT2D eigenvalue weighted by molar-refractivity contribution is -0.131. The van der Waals surface area contributed by atoms with Crippen LogP contribution in [0, 0.1) is 5.92 Å². The fourth-order valence-corrected chi connectivity index (χ4v) is 2.17. The highest BCUT2D eigenvalue weighted by molar-refractivity contribution is 7.81. The zero-order valence-corrected chi connectivity index (χ0v) is 8.51. The highest BCUT2D eigenvalue weighted by Crippen LogP contribution is 2.43. The van der Waals surface area contributed by atoms with Crippen LogP contribution in [-0.2, 0) is 9.47 Å². The predicted molar refractivity (Wildman–Crippen MR) is 50.2 cm³/mol. The van der Waals surface area contributed by atoms with Gasteiger partial charge in [-0.05, 0) is 19.3 Å². The zero-order valence-electron chi connectivity index (χ0n) is 7.62. The normalized spacial score (nSPS) is 47.0. The molecule has 0 amide bonds. The van der Waals surface area contributed by atoms with Crippen LogP contribution >= 0.6 is 12.6 Å². The van der Waals surface area contributed by atoms with Crippen LogP contribution in [0.2, 0.25) is 0 Å². The first-order chi connectivity index (χ1) is 5.62. The van der Waals surface area contributed by atoms with Gasteiger partial charge in [-0.25, -0.2) is 0 Å². The molecular formula is C9H16O2S. The summed E-state index contributed by atoms with van der Waals surface area (Å²) in [7, 11) is 0. The fraction of sp³-hybridized carbons (Fsp3) is 1.00. The molecule has 12 heavy (non-hydrogen) atoms. The van der Waals surface area contributed by atoms with Crippen molar-refractivity contribution in [2.24, 2.45) is 5.92 Å². The van der Waals surface area contributed by atoms with Gasteiger partial charge in [0.25, 0.3) is 0 Å². The van der Waals surface area contributed by atoms with Crippen molar-refractivity contribution in [1.29, 1.82) is 0 Å². The van der Waals surface area contributed by atoms with Crippen molar-refractivity contribution in [2.45, 2.75) is 50.4 Å². The summed E-state index contributed by atoms with van der Waals surface area (Å²) in [6.45, 7) is 4.15. The first-order valence-electron chi connectivity index (χ1n) is 4.70. The van der Waals surface area contributed by atoms with Gasteiger partial charge in [0, 0.05) is 5.92 Å². The van der Waals surface area contributed by atoms with Gasteiger partial charge in [-0.2, -0.15) is 0 Å². The van der Waals surface area contributed by atoms with Crippen LogP contribution in [0.1, 0.15) is 33.1 Å². The maximum atomic E-state index is 5.78. The highest BCUT2D eigenvalue weighted by Gasteiger charge is 2.48. The van der Waals surface area contributed by atoms with Crippen molar-refractivity contribution in [3.05, 3.63) is 0 Å². The molecule has 0 N–H and O–H groups in total. The molecule has 1 saturated heterocycles. The van der Waals surface area contributed by atoms with E-state index >= 15 is 0 Å². The first kappa shape index (κ1) is 8.85. The van der Waals surface area contributed by atoms with Gasteiger partial charge in [0.1, 0.15) is 0 Å². The third-order valence-electron chi connectivity index (χ3n) is 2.76. The number of thiol groups is 1. The Hall–Kier alpha value is 0.270. The molecule has 3 atom stereocenters. The largest absolute Gasteiger partial charge is 0.335 e. The minimum Gasteiger partial charge on any atom is -0.335 e. The Morgan fingerprint density at radius 3 is 2.17 bits per heavy atom. The maximum Gasteiger partial charge on any atom is 0.218 e. The summed E-state index contributed by atoms with van der Waals surface area (Å²) in [6, 6.07) is 0. The summed E-state index contributed by atoms with van der Waals surface area (Å²) in [6.07, 6.45) is 4.13. The van der Waals surface area contributed by atoms with Gasteiger partial charge in [-0.15, -0.1) is 12.6 Å². The molecular weight excluding hydrogens is 172 g/mol. The second-order valence-corrected chi connectivity index (χ2v) is 4.65. The number of hydrogen-bond donors (Lipinski definition) is 1. The summed E-state index contributed by atoms with van der Waals surface area (Å²) < 4.78 is 11.6. The van der Waals surface area contributed by atoms with E-state index in [9.17, 15) is 0 Å². The van der Waals surface area contributed by atoms with Crippen LogP contribution in [0.4, 0.5) is 0 Å². The summed E-state index contributed by atoms with van der Waals surface area (Å²) in [5, 5.41) is -0.615. The van der Waals surface area contributed by atoms with Crippen LogP contribution in [0.5, 0.6) is 0 Å². The van der Waals surface area contributed by atoms with E-state index in [1.807, 2.05) is 0 Å². The maximum absolute atomic E-state index is 5.78. The number of hydrogen-bond acceptors (Lipinski definition) is 3. The quantitative estimate of drug-likeness (QED) is 0.636. The van der Waals surface area contributed by atoms with Gasteiger partial charge in [0.15, 0.2) is 0 Å². The van der Waals surface area contributed by atoms with Gasteiger partial charge in [-0.1, -0.05) is 13.8 Å². The van der Waals surface area contributed by atoms with Crippen LogP contribution < -0.4 is 0 Å². The summed E-state index contributed by atoms with van der Waals surface area (Å²) in [4.78, 5) is 0. The molecule has 0 aromatic carbocycles. The first-order valence-corrected chi connectivity index (χ1v) is 5.14. The monoisotopic (exact) mass is 188 g/mol. The van der Waals surface area contributed by atoms with Crippen LogP contribution in [0.15, 0.2) is 0 Å². The SMILES string of the molecule is CC(C)C1(S)O[C@H]2CCC[C@H]2O1. The van der Waals surface area contributed by atoms with Crippen molar-refractivity contribution < 1.29 is 9.47 Å². The van der Waals surface area contributed by atoms with E-state index in [1.165, 1.54) is 6.42 Å². The van der Waals surface area contributed by atoms with Crippen LogP contribution in [0.25, 0.3) is 0 Å². The van der Waals surface area contributed by atoms with Crippen molar-refractivity contribution >= 4 is 12.6 Å². The molecule has 2 rings (SSSR count). The topological polar surface area (TPSA) is 18.5 Å². The number of fused-ring (bicyclic) bond motifs is 1. The molecule has 1 aliphatic carbocycles. The van der Waals surface area contributed by atoms with Gasteiger partial charge >= 0.3 is 0 Å². The average Bonchev–Trinajstić information content (AvgIpc) is 2.44. The smallest absolute Gasteiger partial charge is 0.218 e. The molecule has 1 heterocycles. The molecule has 1 saturated carbocycles. The minimum atomic E-state index is -0.615. The molecule has 0 aromatic heterocycles. The van der Waals surface area contributed by atoms with Crippen molar-refractivity contribution in [3.63, 3.8) is 0 Å². The Kier molecular flexibility index (Phi) is 2.13. The molecule has 0 spiro atoms.